The van der Waals surface area contributed by atoms with Gasteiger partial charge in [0.1, 0.15) is 12.4 Å². The van der Waals surface area contributed by atoms with Crippen LogP contribution in [0.3, 0.4) is 0 Å². The quantitative estimate of drug-likeness (QED) is 0.697. The van der Waals surface area contributed by atoms with Crippen molar-refractivity contribution in [1.82, 2.24) is 15.0 Å². The van der Waals surface area contributed by atoms with Crippen molar-refractivity contribution in [3.8, 4) is 5.75 Å². The Morgan fingerprint density at radius 1 is 1.40 bits per heavy atom. The summed E-state index contributed by atoms with van der Waals surface area (Å²) in [5.74, 6) is 0.866. The van der Waals surface area contributed by atoms with Crippen LogP contribution in [0, 0.1) is 0 Å². The molecule has 1 aliphatic rings. The fourth-order valence-electron chi connectivity index (χ4n) is 2.69. The Morgan fingerprint density at radius 2 is 2.32 bits per heavy atom. The molecule has 0 radical (unpaired) electrons. The van der Waals surface area contributed by atoms with Gasteiger partial charge in [-0.15, -0.1) is 11.3 Å². The van der Waals surface area contributed by atoms with Gasteiger partial charge in [-0.1, -0.05) is 16.8 Å². The monoisotopic (exact) mass is 375 g/mol. The van der Waals surface area contributed by atoms with E-state index in [1.807, 2.05) is 0 Å². The fourth-order valence-corrected chi connectivity index (χ4v) is 3.74. The normalized spacial score (nSPS) is 13.6. The van der Waals surface area contributed by atoms with E-state index in [1.54, 1.807) is 34.6 Å². The molecule has 8 heteroatoms. The van der Waals surface area contributed by atoms with Gasteiger partial charge in [0.25, 0.3) is 5.91 Å². The van der Waals surface area contributed by atoms with Crippen molar-refractivity contribution in [2.45, 2.75) is 19.6 Å². The van der Waals surface area contributed by atoms with E-state index in [1.165, 1.54) is 16.6 Å². The van der Waals surface area contributed by atoms with Crippen LogP contribution in [-0.4, -0.2) is 27.5 Å². The highest BCUT2D eigenvalue weighted by Crippen LogP contribution is 2.25. The largest absolute Gasteiger partial charge is 0.484 e. The first-order valence-corrected chi connectivity index (χ1v) is 8.98. The predicted molar refractivity (Wildman–Crippen MR) is 92.8 cm³/mol. The first-order valence-electron chi connectivity index (χ1n) is 7.72. The molecule has 0 aliphatic carbocycles. The minimum Gasteiger partial charge on any atom is -0.484 e. The third kappa shape index (κ3) is 3.52. The predicted octanol–water partition coefficient (Wildman–Crippen LogP) is 3.56. The average molecular weight is 376 g/mol. The van der Waals surface area contributed by atoms with Crippen molar-refractivity contribution in [3.05, 3.63) is 62.9 Å². The topological polar surface area (TPSA) is 68.5 Å². The number of halogens is 1. The summed E-state index contributed by atoms with van der Waals surface area (Å²) < 4.78 is 10.8. The van der Waals surface area contributed by atoms with Crippen molar-refractivity contribution < 1.29 is 14.1 Å². The molecule has 128 valence electrons. The molecule has 0 atom stereocenters. The van der Waals surface area contributed by atoms with Gasteiger partial charge < -0.3 is 14.2 Å². The molecule has 1 amide bonds. The molecule has 0 aromatic carbocycles. The molecule has 3 aromatic heterocycles. The van der Waals surface area contributed by atoms with Gasteiger partial charge in [-0.05, 0) is 23.4 Å². The van der Waals surface area contributed by atoms with Crippen molar-refractivity contribution >= 4 is 28.8 Å². The summed E-state index contributed by atoms with van der Waals surface area (Å²) in [4.78, 5) is 19.7. The van der Waals surface area contributed by atoms with Crippen LogP contribution in [-0.2, 0) is 19.6 Å². The number of nitrogens with zero attached hydrogens (tertiary/aromatic N) is 3. The van der Waals surface area contributed by atoms with Crippen LogP contribution in [0.1, 0.15) is 26.7 Å². The number of ether oxygens (including phenoxy) is 1. The third-order valence-corrected chi connectivity index (χ3v) is 5.16. The molecule has 0 spiro atoms. The molecule has 0 saturated heterocycles. The van der Waals surface area contributed by atoms with Crippen LogP contribution in [0.15, 0.2) is 40.5 Å². The van der Waals surface area contributed by atoms with Crippen LogP contribution < -0.4 is 4.74 Å². The van der Waals surface area contributed by atoms with Gasteiger partial charge in [-0.25, -0.2) is 0 Å². The molecule has 0 N–H and O–H groups in total. The summed E-state index contributed by atoms with van der Waals surface area (Å²) >= 11 is 7.60. The lowest BCUT2D eigenvalue weighted by Crippen LogP contribution is -2.35. The lowest BCUT2D eigenvalue weighted by Gasteiger charge is -2.26. The van der Waals surface area contributed by atoms with E-state index >= 15 is 0 Å². The molecule has 4 heterocycles. The van der Waals surface area contributed by atoms with Crippen molar-refractivity contribution in [3.63, 3.8) is 0 Å². The van der Waals surface area contributed by atoms with E-state index < -0.39 is 0 Å². The summed E-state index contributed by atoms with van der Waals surface area (Å²) in [6.45, 7) is 1.46. The number of hydrogen-bond acceptors (Lipinski definition) is 6. The maximum atomic E-state index is 12.6. The SMILES string of the molecule is O=C(c1cc(COc2cncc(Cl)c2)on1)N1CCc2sccc2C1. The number of amides is 1. The van der Waals surface area contributed by atoms with Gasteiger partial charge in [0.2, 0.25) is 0 Å². The Kier molecular flexibility index (Phi) is 4.42. The van der Waals surface area contributed by atoms with E-state index in [4.69, 9.17) is 20.9 Å². The zero-order chi connectivity index (χ0) is 17.2. The van der Waals surface area contributed by atoms with Crippen LogP contribution in [0.25, 0.3) is 0 Å². The number of carbonyl (C=O) groups excluding carboxylic acids is 1. The standard InChI is InChI=1S/C17H14ClN3O3S/c18-12-5-13(8-19-7-12)23-10-14-6-15(20-24-14)17(22)21-3-1-16-11(9-21)2-4-25-16/h2,4-8H,1,3,9-10H2. The smallest absolute Gasteiger partial charge is 0.276 e. The van der Waals surface area contributed by atoms with Gasteiger partial charge in [0.05, 0.1) is 11.2 Å². The number of pyridine rings is 1. The zero-order valence-corrected chi connectivity index (χ0v) is 14.7. The molecule has 3 aromatic rings. The van der Waals surface area contributed by atoms with E-state index in [2.05, 4.69) is 21.6 Å². The number of thiophene rings is 1. The maximum absolute atomic E-state index is 12.6. The number of hydrogen-bond donors (Lipinski definition) is 0. The molecule has 6 nitrogen and oxygen atoms in total. The van der Waals surface area contributed by atoms with Crippen molar-refractivity contribution in [2.75, 3.05) is 6.54 Å². The second-order valence-corrected chi connectivity index (χ2v) is 7.09. The number of fused-ring (bicyclic) bond motifs is 1. The fraction of sp³-hybridized carbons (Fsp3) is 0.235. The summed E-state index contributed by atoms with van der Waals surface area (Å²) in [6, 6.07) is 5.34. The first-order chi connectivity index (χ1) is 12.2. The Hall–Kier alpha value is -2.38. The van der Waals surface area contributed by atoms with E-state index in [9.17, 15) is 4.79 Å². The summed E-state index contributed by atoms with van der Waals surface area (Å²) in [5, 5.41) is 6.43. The molecule has 0 bridgehead atoms. The second-order valence-electron chi connectivity index (χ2n) is 5.65. The lowest BCUT2D eigenvalue weighted by molar-refractivity contribution is 0.0725. The minimum absolute atomic E-state index is 0.128. The van der Waals surface area contributed by atoms with E-state index in [0.717, 1.165) is 6.42 Å². The van der Waals surface area contributed by atoms with E-state index in [-0.39, 0.29) is 12.5 Å². The molecule has 25 heavy (non-hydrogen) atoms. The van der Waals surface area contributed by atoms with Gasteiger partial charge in [-0.2, -0.15) is 0 Å². The van der Waals surface area contributed by atoms with Crippen LogP contribution >= 0.6 is 22.9 Å². The Balaban J connectivity index is 1.40. The summed E-state index contributed by atoms with van der Waals surface area (Å²) in [5.41, 5.74) is 1.51. The Morgan fingerprint density at radius 3 is 3.20 bits per heavy atom. The van der Waals surface area contributed by atoms with Crippen LogP contribution in [0.5, 0.6) is 5.75 Å². The van der Waals surface area contributed by atoms with Gasteiger partial charge in [0.15, 0.2) is 11.5 Å². The maximum Gasteiger partial charge on any atom is 0.276 e. The molecule has 4 rings (SSSR count). The van der Waals surface area contributed by atoms with Crippen molar-refractivity contribution in [1.29, 1.82) is 0 Å². The molecular formula is C17H14ClN3O3S. The molecular weight excluding hydrogens is 362 g/mol. The summed E-state index contributed by atoms with van der Waals surface area (Å²) in [7, 11) is 0. The molecule has 0 unspecified atom stereocenters. The van der Waals surface area contributed by atoms with Gasteiger partial charge in [0, 0.05) is 36.3 Å². The first kappa shape index (κ1) is 16.1. The van der Waals surface area contributed by atoms with Crippen LogP contribution in [0.4, 0.5) is 0 Å². The molecule has 0 saturated carbocycles. The lowest BCUT2D eigenvalue weighted by atomic mass is 10.1. The highest BCUT2D eigenvalue weighted by Gasteiger charge is 2.24. The Bertz CT molecular complexity index is 908. The second kappa shape index (κ2) is 6.85. The third-order valence-electron chi connectivity index (χ3n) is 3.93. The highest BCUT2D eigenvalue weighted by atomic mass is 35.5. The van der Waals surface area contributed by atoms with Gasteiger partial charge >= 0.3 is 0 Å². The number of aromatic nitrogens is 2. The van der Waals surface area contributed by atoms with E-state index in [0.29, 0.717) is 35.3 Å². The molecule has 0 fully saturated rings. The highest BCUT2D eigenvalue weighted by molar-refractivity contribution is 7.10. The minimum atomic E-state index is -0.128. The number of rotatable bonds is 4. The number of carbonyl (C=O) groups is 1. The van der Waals surface area contributed by atoms with Crippen molar-refractivity contribution in [2.24, 2.45) is 0 Å². The zero-order valence-electron chi connectivity index (χ0n) is 13.1. The van der Waals surface area contributed by atoms with Gasteiger partial charge in [-0.3, -0.25) is 9.78 Å². The molecule has 1 aliphatic heterocycles. The van der Waals surface area contributed by atoms with Crippen LogP contribution in [0.2, 0.25) is 5.02 Å². The average Bonchev–Trinajstić information content (AvgIpc) is 3.28. The Labute approximate surface area is 153 Å². The summed E-state index contributed by atoms with van der Waals surface area (Å²) in [6.07, 6.45) is 3.96.